The standard InChI is InChI=1S/C46H35N/c1-31-29-45(33-17-6-3-7-18-33)47-44(32-15-4-2-5-16-32)26-14-22-35(31)34-27-28-39-38-21-10-13-25-42(38)46(43(39)30-34)40-23-11-8-19-36(40)37-20-9-12-24-41(37)46/h2-13,15-21,23-25,27-30H,14,22,26H2,1H3. The van der Waals surface area contributed by atoms with Crippen molar-refractivity contribution in [2.24, 2.45) is 4.99 Å². The summed E-state index contributed by atoms with van der Waals surface area (Å²) in [5.74, 6) is 0. The van der Waals surface area contributed by atoms with Crippen LogP contribution in [0.2, 0.25) is 0 Å². The van der Waals surface area contributed by atoms with Crippen molar-refractivity contribution in [2.75, 3.05) is 0 Å². The Bertz CT molecular complexity index is 2200. The number of aliphatic imine (C=N–C) groups is 1. The molecule has 1 nitrogen and oxygen atoms in total. The summed E-state index contributed by atoms with van der Waals surface area (Å²) < 4.78 is 0. The topological polar surface area (TPSA) is 12.4 Å². The van der Waals surface area contributed by atoms with E-state index in [-0.39, 0.29) is 5.41 Å². The van der Waals surface area contributed by atoms with Gasteiger partial charge in [0.15, 0.2) is 0 Å². The smallest absolute Gasteiger partial charge is 0.0725 e. The predicted octanol–water partition coefficient (Wildman–Crippen LogP) is 11.5. The molecule has 0 N–H and O–H groups in total. The molecule has 0 radical (unpaired) electrons. The van der Waals surface area contributed by atoms with Crippen LogP contribution in [-0.2, 0) is 5.41 Å². The molecule has 9 rings (SSSR count). The monoisotopic (exact) mass is 601 g/mol. The average molecular weight is 602 g/mol. The molecule has 0 amide bonds. The van der Waals surface area contributed by atoms with Gasteiger partial charge in [0.25, 0.3) is 0 Å². The fourth-order valence-corrected chi connectivity index (χ4v) is 8.41. The van der Waals surface area contributed by atoms with Crippen molar-refractivity contribution in [1.82, 2.24) is 0 Å². The van der Waals surface area contributed by atoms with Gasteiger partial charge < -0.3 is 0 Å². The van der Waals surface area contributed by atoms with Crippen LogP contribution in [0.3, 0.4) is 0 Å². The van der Waals surface area contributed by atoms with Crippen LogP contribution in [-0.4, -0.2) is 5.71 Å². The number of allylic oxidation sites excluding steroid dienone is 3. The first-order valence-electron chi connectivity index (χ1n) is 16.8. The van der Waals surface area contributed by atoms with Crippen molar-refractivity contribution >= 4 is 17.0 Å². The second kappa shape index (κ2) is 11.1. The molecule has 224 valence electrons. The van der Waals surface area contributed by atoms with E-state index in [1.165, 1.54) is 66.8 Å². The highest BCUT2D eigenvalue weighted by Gasteiger charge is 2.51. The molecule has 1 spiro atoms. The Hall–Kier alpha value is -5.53. The molecule has 1 aliphatic heterocycles. The molecule has 6 aromatic carbocycles. The molecule has 0 aromatic heterocycles. The van der Waals surface area contributed by atoms with Crippen LogP contribution in [0.4, 0.5) is 0 Å². The van der Waals surface area contributed by atoms with Crippen molar-refractivity contribution in [3.8, 4) is 22.3 Å². The molecule has 0 bridgehead atoms. The van der Waals surface area contributed by atoms with E-state index in [1.807, 2.05) is 0 Å². The molecule has 3 aliphatic rings. The summed E-state index contributed by atoms with van der Waals surface area (Å²) in [6.07, 6.45) is 5.26. The van der Waals surface area contributed by atoms with E-state index in [0.717, 1.165) is 36.2 Å². The predicted molar refractivity (Wildman–Crippen MR) is 197 cm³/mol. The Kier molecular flexibility index (Phi) is 6.54. The van der Waals surface area contributed by atoms with Gasteiger partial charge in [0.2, 0.25) is 0 Å². The van der Waals surface area contributed by atoms with Crippen molar-refractivity contribution in [3.05, 3.63) is 202 Å². The van der Waals surface area contributed by atoms with E-state index in [2.05, 4.69) is 165 Å². The minimum atomic E-state index is -0.337. The first-order valence-corrected chi connectivity index (χ1v) is 16.8. The van der Waals surface area contributed by atoms with Gasteiger partial charge in [0.1, 0.15) is 0 Å². The van der Waals surface area contributed by atoms with Crippen molar-refractivity contribution in [1.29, 1.82) is 0 Å². The van der Waals surface area contributed by atoms with E-state index in [0.29, 0.717) is 0 Å². The fourth-order valence-electron chi connectivity index (χ4n) is 8.41. The maximum absolute atomic E-state index is 5.35. The van der Waals surface area contributed by atoms with Crippen LogP contribution in [0.5, 0.6) is 0 Å². The van der Waals surface area contributed by atoms with Crippen LogP contribution in [0, 0.1) is 0 Å². The Morgan fingerprint density at radius 2 is 0.979 bits per heavy atom. The summed E-state index contributed by atoms with van der Waals surface area (Å²) in [5, 5.41) is 0. The Balaban J connectivity index is 1.26. The lowest BCUT2D eigenvalue weighted by Gasteiger charge is -2.31. The molecule has 0 fully saturated rings. The Morgan fingerprint density at radius 3 is 1.57 bits per heavy atom. The first-order chi connectivity index (χ1) is 23.2. The summed E-state index contributed by atoms with van der Waals surface area (Å²) in [7, 11) is 0. The number of hydrogen-bond acceptors (Lipinski definition) is 1. The van der Waals surface area contributed by atoms with Gasteiger partial charge in [0, 0.05) is 11.3 Å². The first kappa shape index (κ1) is 27.8. The quantitative estimate of drug-likeness (QED) is 0.191. The highest BCUT2D eigenvalue weighted by Crippen LogP contribution is 2.62. The molecule has 47 heavy (non-hydrogen) atoms. The second-order valence-electron chi connectivity index (χ2n) is 13.0. The molecule has 0 saturated heterocycles. The minimum Gasteiger partial charge on any atom is -0.252 e. The maximum atomic E-state index is 5.35. The lowest BCUT2D eigenvalue weighted by atomic mass is 9.70. The Morgan fingerprint density at radius 1 is 0.468 bits per heavy atom. The van der Waals surface area contributed by atoms with Gasteiger partial charge in [-0.25, -0.2) is 0 Å². The van der Waals surface area contributed by atoms with E-state index in [1.54, 1.807) is 0 Å². The van der Waals surface area contributed by atoms with Crippen LogP contribution in [0.15, 0.2) is 168 Å². The molecule has 0 unspecified atom stereocenters. The molecular weight excluding hydrogens is 567 g/mol. The molecule has 0 atom stereocenters. The van der Waals surface area contributed by atoms with Crippen LogP contribution < -0.4 is 0 Å². The minimum absolute atomic E-state index is 0.337. The van der Waals surface area contributed by atoms with Crippen LogP contribution in [0.1, 0.15) is 65.1 Å². The normalized spacial score (nSPS) is 15.9. The summed E-state index contributed by atoms with van der Waals surface area (Å²) in [4.78, 5) is 5.35. The van der Waals surface area contributed by atoms with Gasteiger partial charge in [-0.1, -0.05) is 146 Å². The van der Waals surface area contributed by atoms with Gasteiger partial charge in [0.05, 0.1) is 11.1 Å². The van der Waals surface area contributed by atoms with Gasteiger partial charge in [-0.2, -0.15) is 0 Å². The SMILES string of the molecule is CC1=C(c2ccc3c(c2)C2(c4ccccc4-c4ccccc42)c2ccccc2-3)CCCC(c2ccccc2)=NC(c2ccccc2)=C1. The zero-order valence-electron chi connectivity index (χ0n) is 26.6. The zero-order chi connectivity index (χ0) is 31.4. The van der Waals surface area contributed by atoms with Crippen molar-refractivity contribution in [3.63, 3.8) is 0 Å². The molecule has 6 aromatic rings. The van der Waals surface area contributed by atoms with E-state index < -0.39 is 0 Å². The second-order valence-corrected chi connectivity index (χ2v) is 13.0. The van der Waals surface area contributed by atoms with Gasteiger partial charge in [-0.3, -0.25) is 4.99 Å². The summed E-state index contributed by atoms with van der Waals surface area (Å²) in [5.41, 5.74) is 19.1. The summed E-state index contributed by atoms with van der Waals surface area (Å²) in [6, 6.07) is 55.8. The molecule has 2 aliphatic carbocycles. The molecule has 1 heteroatoms. The summed E-state index contributed by atoms with van der Waals surface area (Å²) >= 11 is 0. The lowest BCUT2D eigenvalue weighted by molar-refractivity contribution is 0.793. The summed E-state index contributed by atoms with van der Waals surface area (Å²) in [6.45, 7) is 2.28. The third-order valence-electron chi connectivity index (χ3n) is 10.4. The lowest BCUT2D eigenvalue weighted by Crippen LogP contribution is -2.26. The van der Waals surface area contributed by atoms with Crippen molar-refractivity contribution in [2.45, 2.75) is 31.6 Å². The molecular formula is C46H35N. The highest BCUT2D eigenvalue weighted by atomic mass is 14.8. The van der Waals surface area contributed by atoms with Gasteiger partial charge >= 0.3 is 0 Å². The third kappa shape index (κ3) is 4.27. The number of hydrogen-bond donors (Lipinski definition) is 0. The van der Waals surface area contributed by atoms with E-state index in [4.69, 9.17) is 4.99 Å². The highest BCUT2D eigenvalue weighted by molar-refractivity contribution is 6.04. The van der Waals surface area contributed by atoms with Gasteiger partial charge in [-0.05, 0) is 105 Å². The van der Waals surface area contributed by atoms with Crippen LogP contribution in [0.25, 0.3) is 33.5 Å². The molecule has 1 heterocycles. The average Bonchev–Trinajstić information content (AvgIpc) is 3.62. The largest absolute Gasteiger partial charge is 0.252 e. The number of nitrogens with zero attached hydrogens (tertiary/aromatic N) is 1. The number of benzene rings is 6. The van der Waals surface area contributed by atoms with E-state index in [9.17, 15) is 0 Å². The number of fused-ring (bicyclic) bond motifs is 10. The maximum Gasteiger partial charge on any atom is 0.0725 e. The van der Waals surface area contributed by atoms with Gasteiger partial charge in [-0.15, -0.1) is 0 Å². The molecule has 0 saturated carbocycles. The van der Waals surface area contributed by atoms with Crippen molar-refractivity contribution < 1.29 is 0 Å². The zero-order valence-corrected chi connectivity index (χ0v) is 26.6. The van der Waals surface area contributed by atoms with E-state index >= 15 is 0 Å². The van der Waals surface area contributed by atoms with Crippen LogP contribution >= 0.6 is 0 Å². The number of rotatable bonds is 3. The third-order valence-corrected chi connectivity index (χ3v) is 10.4. The Labute approximate surface area is 277 Å². The fraction of sp³-hybridized carbons (Fsp3) is 0.109.